The summed E-state index contributed by atoms with van der Waals surface area (Å²) in [7, 11) is 0. The van der Waals surface area contributed by atoms with Gasteiger partial charge in [-0.3, -0.25) is 9.69 Å². The zero-order chi connectivity index (χ0) is 25.4. The van der Waals surface area contributed by atoms with Crippen LogP contribution in [0.25, 0.3) is 0 Å². The van der Waals surface area contributed by atoms with Gasteiger partial charge in [0.1, 0.15) is 11.4 Å². The Bertz CT molecular complexity index is 1220. The van der Waals surface area contributed by atoms with Gasteiger partial charge in [0.2, 0.25) is 0 Å². The molecule has 190 valence electrons. The maximum Gasteiger partial charge on any atom is 0.573 e. The molecule has 1 aliphatic carbocycles. The molecule has 1 amide bonds. The quantitative estimate of drug-likeness (QED) is 0.374. The van der Waals surface area contributed by atoms with E-state index in [-0.39, 0.29) is 29.8 Å². The zero-order valence-corrected chi connectivity index (χ0v) is 19.7. The Morgan fingerprint density at radius 1 is 1.14 bits per heavy atom. The third-order valence-corrected chi connectivity index (χ3v) is 7.33. The highest BCUT2D eigenvalue weighted by Gasteiger charge is 2.56. The highest BCUT2D eigenvalue weighted by molar-refractivity contribution is 7.07. The van der Waals surface area contributed by atoms with E-state index in [9.17, 15) is 26.7 Å². The minimum absolute atomic E-state index is 0.111. The lowest BCUT2D eigenvalue weighted by Gasteiger charge is -2.25. The molecule has 0 bridgehead atoms. The van der Waals surface area contributed by atoms with Gasteiger partial charge in [-0.15, -0.1) is 24.5 Å². The average Bonchev–Trinajstić information content (AvgIpc) is 3.20. The number of hydrogen-bond donors (Lipinski definition) is 0. The van der Waals surface area contributed by atoms with Crippen LogP contribution < -0.4 is 4.74 Å². The van der Waals surface area contributed by atoms with Crippen molar-refractivity contribution >= 4 is 17.2 Å². The molecule has 1 aromatic heterocycles. The lowest BCUT2D eigenvalue weighted by atomic mass is 10.1. The molecule has 3 aromatic rings. The molecule has 11 heteroatoms. The minimum Gasteiger partial charge on any atom is -0.406 e. The van der Waals surface area contributed by atoms with Crippen LogP contribution in [0.5, 0.6) is 5.75 Å². The molecular weight excluding hydrogens is 501 g/mol. The normalized spacial score (nSPS) is 21.3. The fourth-order valence-electron chi connectivity index (χ4n) is 5.06. The summed E-state index contributed by atoms with van der Waals surface area (Å²) in [5.74, 6) is -1.48. The number of carbonyl (C=O) groups excluding carboxylic acids is 1. The van der Waals surface area contributed by atoms with Crippen LogP contribution >= 0.6 is 11.3 Å². The van der Waals surface area contributed by atoms with E-state index < -0.39 is 18.0 Å². The zero-order valence-electron chi connectivity index (χ0n) is 18.9. The summed E-state index contributed by atoms with van der Waals surface area (Å²) in [6.45, 7) is 2.27. The van der Waals surface area contributed by atoms with Gasteiger partial charge in [-0.05, 0) is 41.5 Å². The van der Waals surface area contributed by atoms with Crippen molar-refractivity contribution in [1.29, 1.82) is 0 Å². The van der Waals surface area contributed by atoms with Crippen LogP contribution in [0, 0.1) is 29.4 Å². The number of fused-ring (bicyclic) bond motifs is 1. The summed E-state index contributed by atoms with van der Waals surface area (Å²) in [6, 6.07) is 9.75. The highest BCUT2D eigenvalue weighted by Crippen LogP contribution is 2.52. The van der Waals surface area contributed by atoms with Crippen LogP contribution in [0.2, 0.25) is 0 Å². The van der Waals surface area contributed by atoms with Crippen molar-refractivity contribution in [3.05, 3.63) is 81.8 Å². The van der Waals surface area contributed by atoms with Crippen molar-refractivity contribution in [1.82, 2.24) is 14.8 Å². The van der Waals surface area contributed by atoms with E-state index in [1.165, 1.54) is 35.6 Å². The van der Waals surface area contributed by atoms with Crippen LogP contribution in [0.4, 0.5) is 22.0 Å². The summed E-state index contributed by atoms with van der Waals surface area (Å²) < 4.78 is 69.5. The lowest BCUT2D eigenvalue weighted by Crippen LogP contribution is -2.35. The maximum atomic E-state index is 14.0. The number of halogens is 5. The van der Waals surface area contributed by atoms with E-state index in [0.717, 1.165) is 6.07 Å². The molecular formula is C25H22F5N3O2S. The summed E-state index contributed by atoms with van der Waals surface area (Å²) in [5, 5.41) is 1.64. The number of alkyl halides is 3. The number of rotatable bonds is 8. The average molecular weight is 524 g/mol. The summed E-state index contributed by atoms with van der Waals surface area (Å²) >= 11 is 1.29. The first-order valence-electron chi connectivity index (χ1n) is 11.4. The number of benzene rings is 2. The van der Waals surface area contributed by atoms with Crippen molar-refractivity contribution in [3.8, 4) is 5.75 Å². The van der Waals surface area contributed by atoms with Crippen LogP contribution in [0.15, 0.2) is 53.4 Å². The lowest BCUT2D eigenvalue weighted by molar-refractivity contribution is -0.274. The predicted octanol–water partition coefficient (Wildman–Crippen LogP) is 5.34. The van der Waals surface area contributed by atoms with E-state index in [1.54, 1.807) is 27.9 Å². The molecule has 1 saturated heterocycles. The van der Waals surface area contributed by atoms with Gasteiger partial charge < -0.3 is 9.64 Å². The van der Waals surface area contributed by atoms with Crippen LogP contribution in [0.1, 0.15) is 21.6 Å². The Labute approximate surface area is 208 Å². The monoisotopic (exact) mass is 523 g/mol. The molecule has 5 nitrogen and oxygen atoms in total. The van der Waals surface area contributed by atoms with Crippen molar-refractivity contribution in [2.24, 2.45) is 17.8 Å². The number of likely N-dealkylation sites (tertiary alicyclic amines) is 1. The number of hydrogen-bond acceptors (Lipinski definition) is 5. The molecule has 0 radical (unpaired) electrons. The van der Waals surface area contributed by atoms with E-state index in [4.69, 9.17) is 0 Å². The number of amides is 1. The Hall–Kier alpha value is -3.05. The maximum absolute atomic E-state index is 14.0. The Morgan fingerprint density at radius 2 is 1.89 bits per heavy atom. The topological polar surface area (TPSA) is 45.7 Å². The first-order valence-corrected chi connectivity index (χ1v) is 12.3. The van der Waals surface area contributed by atoms with Crippen molar-refractivity contribution in [2.75, 3.05) is 19.6 Å². The van der Waals surface area contributed by atoms with Gasteiger partial charge in [-0.2, -0.15) is 0 Å². The molecule has 2 atom stereocenters. The molecule has 2 aromatic carbocycles. The van der Waals surface area contributed by atoms with Gasteiger partial charge in [0.15, 0.2) is 11.6 Å². The van der Waals surface area contributed by atoms with Gasteiger partial charge in [0.25, 0.3) is 5.91 Å². The molecule has 1 saturated carbocycles. The molecule has 2 aliphatic rings. The molecule has 1 aliphatic heterocycles. The molecule has 2 unspecified atom stereocenters. The van der Waals surface area contributed by atoms with Crippen LogP contribution in [-0.2, 0) is 13.1 Å². The second-order valence-corrected chi connectivity index (χ2v) is 9.87. The summed E-state index contributed by atoms with van der Waals surface area (Å²) in [4.78, 5) is 20.9. The van der Waals surface area contributed by atoms with Crippen molar-refractivity contribution in [2.45, 2.75) is 19.5 Å². The molecule has 0 spiro atoms. The SMILES string of the molecule is O=C(c1cscn1)N(Cc1cccc(OC(F)(F)F)c1)CC1C2CN(Cc3cccc(F)c3F)CC21. The Kier molecular flexibility index (Phi) is 6.69. The van der Waals surface area contributed by atoms with E-state index in [1.807, 2.05) is 0 Å². The van der Waals surface area contributed by atoms with Gasteiger partial charge >= 0.3 is 6.36 Å². The van der Waals surface area contributed by atoms with E-state index in [0.29, 0.717) is 49.1 Å². The molecule has 36 heavy (non-hydrogen) atoms. The fraction of sp³-hybridized carbons (Fsp3) is 0.360. The molecule has 0 N–H and O–H groups in total. The minimum atomic E-state index is -4.81. The number of piperidine rings is 1. The number of carbonyl (C=O) groups is 1. The largest absolute Gasteiger partial charge is 0.573 e. The Balaban J connectivity index is 1.25. The first-order chi connectivity index (χ1) is 17.2. The van der Waals surface area contributed by atoms with E-state index in [2.05, 4.69) is 14.6 Å². The van der Waals surface area contributed by atoms with Crippen LogP contribution in [-0.4, -0.2) is 46.7 Å². The molecule has 2 fully saturated rings. The predicted molar refractivity (Wildman–Crippen MR) is 122 cm³/mol. The van der Waals surface area contributed by atoms with Crippen molar-refractivity contribution in [3.63, 3.8) is 0 Å². The third-order valence-electron chi connectivity index (χ3n) is 6.75. The molecule has 5 rings (SSSR count). The van der Waals surface area contributed by atoms with Gasteiger partial charge in [0.05, 0.1) is 5.51 Å². The second kappa shape index (κ2) is 9.78. The highest BCUT2D eigenvalue weighted by atomic mass is 32.1. The smallest absolute Gasteiger partial charge is 0.406 e. The van der Waals surface area contributed by atoms with Crippen LogP contribution in [0.3, 0.4) is 0 Å². The van der Waals surface area contributed by atoms with Gasteiger partial charge in [-0.25, -0.2) is 13.8 Å². The number of thiazole rings is 1. The second-order valence-electron chi connectivity index (χ2n) is 9.15. The number of nitrogens with zero attached hydrogens (tertiary/aromatic N) is 3. The number of aromatic nitrogens is 1. The molecule has 2 heterocycles. The standard InChI is InChI=1S/C25H22F5N3O2S/c26-21-6-2-4-16(23(21)27)9-32-10-18-19(11-32)20(18)12-33(24(34)22-13-36-14-31-22)8-15-3-1-5-17(7-15)35-25(28,29)30/h1-7,13-14,18-20H,8-12H2. The fourth-order valence-corrected chi connectivity index (χ4v) is 5.59. The van der Waals surface area contributed by atoms with E-state index >= 15 is 0 Å². The summed E-state index contributed by atoms with van der Waals surface area (Å²) in [6.07, 6.45) is -4.81. The Morgan fingerprint density at radius 3 is 2.58 bits per heavy atom. The van der Waals surface area contributed by atoms with Gasteiger partial charge in [0, 0.05) is 43.7 Å². The first kappa shape index (κ1) is 24.6. The van der Waals surface area contributed by atoms with Crippen molar-refractivity contribution < 1.29 is 31.5 Å². The third kappa shape index (κ3) is 5.52. The van der Waals surface area contributed by atoms with Gasteiger partial charge in [-0.1, -0.05) is 24.3 Å². The number of ether oxygens (including phenoxy) is 1. The summed E-state index contributed by atoms with van der Waals surface area (Å²) in [5.41, 5.74) is 2.67.